The molecule has 0 saturated carbocycles. The highest BCUT2D eigenvalue weighted by Gasteiger charge is 2.18. The minimum atomic E-state index is -0.843. The van der Waals surface area contributed by atoms with Gasteiger partial charge in [0.05, 0.1) is 25.4 Å². The standard InChI is InChI=1S/C74H141NO5/c1-3-5-7-9-11-13-15-17-19-20-21-32-35-39-42-46-50-54-58-62-66-72(77)71(70-76)75-73(78)67-63-59-55-51-47-43-40-36-33-30-28-26-24-22-23-25-27-29-31-34-37-41-45-49-53-57-61-65-69-80-74(79)68-64-60-56-52-48-44-38-18-16-14-12-10-8-6-4-2/h12,14,18,38,62,66,71-72,76-77H,3-11,13,15-17,19-37,39-61,63-65,67-70H2,1-2H3,(H,75,78)/b14-12-,38-18-,66-62+. The van der Waals surface area contributed by atoms with Gasteiger partial charge in [-0.15, -0.1) is 0 Å². The molecule has 0 spiro atoms. The van der Waals surface area contributed by atoms with Crippen LogP contribution in [-0.2, 0) is 14.3 Å². The number of aliphatic hydroxyl groups excluding tert-OH is 2. The number of nitrogens with one attached hydrogen (secondary N) is 1. The Labute approximate surface area is 500 Å². The molecule has 0 fully saturated rings. The van der Waals surface area contributed by atoms with Gasteiger partial charge >= 0.3 is 5.97 Å². The van der Waals surface area contributed by atoms with E-state index in [9.17, 15) is 19.8 Å². The van der Waals surface area contributed by atoms with Gasteiger partial charge in [0.2, 0.25) is 5.91 Å². The number of hydrogen-bond acceptors (Lipinski definition) is 5. The van der Waals surface area contributed by atoms with Crippen molar-refractivity contribution >= 4 is 11.9 Å². The third-order valence-electron chi connectivity index (χ3n) is 16.9. The largest absolute Gasteiger partial charge is 0.466 e. The molecule has 0 aromatic rings. The van der Waals surface area contributed by atoms with Crippen LogP contribution in [0.5, 0.6) is 0 Å². The molecule has 0 aliphatic carbocycles. The molecule has 0 aromatic carbocycles. The number of esters is 1. The van der Waals surface area contributed by atoms with Gasteiger partial charge < -0.3 is 20.3 Å². The first-order valence-electron chi connectivity index (χ1n) is 36.3. The van der Waals surface area contributed by atoms with E-state index in [0.29, 0.717) is 19.4 Å². The summed E-state index contributed by atoms with van der Waals surface area (Å²) >= 11 is 0. The molecule has 3 N–H and O–H groups in total. The summed E-state index contributed by atoms with van der Waals surface area (Å²) < 4.78 is 5.49. The Hall–Kier alpha value is -1.92. The number of amides is 1. The molecule has 6 nitrogen and oxygen atoms in total. The average molecular weight is 1120 g/mol. The summed E-state index contributed by atoms with van der Waals surface area (Å²) in [7, 11) is 0. The van der Waals surface area contributed by atoms with Gasteiger partial charge in [0.25, 0.3) is 0 Å². The lowest BCUT2D eigenvalue weighted by Crippen LogP contribution is -2.45. The van der Waals surface area contributed by atoms with Crippen LogP contribution in [0.25, 0.3) is 0 Å². The van der Waals surface area contributed by atoms with E-state index < -0.39 is 12.1 Å². The summed E-state index contributed by atoms with van der Waals surface area (Å²) in [5, 5.41) is 23.3. The van der Waals surface area contributed by atoms with Crippen LogP contribution in [-0.4, -0.2) is 47.4 Å². The number of carbonyl (C=O) groups is 2. The maximum absolute atomic E-state index is 12.5. The van der Waals surface area contributed by atoms with E-state index >= 15 is 0 Å². The molecule has 0 aromatic heterocycles. The van der Waals surface area contributed by atoms with Crippen molar-refractivity contribution in [2.45, 2.75) is 411 Å². The van der Waals surface area contributed by atoms with Crippen LogP contribution < -0.4 is 5.32 Å². The van der Waals surface area contributed by atoms with Gasteiger partial charge in [-0.3, -0.25) is 9.59 Å². The van der Waals surface area contributed by atoms with Crippen molar-refractivity contribution in [3.63, 3.8) is 0 Å². The van der Waals surface area contributed by atoms with Crippen molar-refractivity contribution in [1.29, 1.82) is 0 Å². The second-order valence-electron chi connectivity index (χ2n) is 24.9. The number of aliphatic hydroxyl groups is 2. The first-order valence-corrected chi connectivity index (χ1v) is 36.3. The first kappa shape index (κ1) is 78.1. The maximum Gasteiger partial charge on any atom is 0.305 e. The minimum absolute atomic E-state index is 0.00488. The van der Waals surface area contributed by atoms with E-state index in [1.807, 2.05) is 6.08 Å². The van der Waals surface area contributed by atoms with Crippen molar-refractivity contribution in [2.24, 2.45) is 0 Å². The zero-order chi connectivity index (χ0) is 57.8. The molecule has 0 bridgehead atoms. The Morgan fingerprint density at radius 3 is 0.975 bits per heavy atom. The summed E-state index contributed by atoms with van der Waals surface area (Å²) in [5.41, 5.74) is 0. The summed E-state index contributed by atoms with van der Waals surface area (Å²) in [6.45, 7) is 4.91. The summed E-state index contributed by atoms with van der Waals surface area (Å²) in [4.78, 5) is 24.6. The minimum Gasteiger partial charge on any atom is -0.466 e. The lowest BCUT2D eigenvalue weighted by Gasteiger charge is -2.20. The van der Waals surface area contributed by atoms with Crippen molar-refractivity contribution in [3.05, 3.63) is 36.5 Å². The van der Waals surface area contributed by atoms with Gasteiger partial charge in [0.15, 0.2) is 0 Å². The molecule has 2 unspecified atom stereocenters. The van der Waals surface area contributed by atoms with Gasteiger partial charge in [-0.05, 0) is 64.2 Å². The molecule has 0 radical (unpaired) electrons. The summed E-state index contributed by atoms with van der Waals surface area (Å²) in [6, 6.07) is -0.626. The van der Waals surface area contributed by atoms with Gasteiger partial charge in [-0.1, -0.05) is 359 Å². The van der Waals surface area contributed by atoms with Gasteiger partial charge in [0, 0.05) is 12.8 Å². The van der Waals surface area contributed by atoms with Crippen LogP contribution in [0.3, 0.4) is 0 Å². The fourth-order valence-electron chi connectivity index (χ4n) is 11.4. The van der Waals surface area contributed by atoms with Crippen molar-refractivity contribution in [3.8, 4) is 0 Å². The van der Waals surface area contributed by atoms with E-state index in [1.165, 1.54) is 321 Å². The smallest absolute Gasteiger partial charge is 0.305 e. The third-order valence-corrected chi connectivity index (χ3v) is 16.9. The zero-order valence-corrected chi connectivity index (χ0v) is 54.1. The van der Waals surface area contributed by atoms with Crippen LogP contribution in [0.2, 0.25) is 0 Å². The van der Waals surface area contributed by atoms with Crippen LogP contribution in [0.1, 0.15) is 399 Å². The molecule has 0 rings (SSSR count). The quantitative estimate of drug-likeness (QED) is 0.0320. The molecule has 0 heterocycles. The topological polar surface area (TPSA) is 95.9 Å². The molecule has 0 saturated heterocycles. The molecule has 2 atom stereocenters. The number of rotatable bonds is 68. The Morgan fingerprint density at radius 2 is 0.625 bits per heavy atom. The highest BCUT2D eigenvalue weighted by atomic mass is 16.5. The van der Waals surface area contributed by atoms with Crippen molar-refractivity contribution in [2.75, 3.05) is 13.2 Å². The lowest BCUT2D eigenvalue weighted by atomic mass is 10.0. The normalized spacial score (nSPS) is 12.7. The van der Waals surface area contributed by atoms with E-state index in [0.717, 1.165) is 51.4 Å². The second-order valence-corrected chi connectivity index (χ2v) is 24.9. The molecule has 80 heavy (non-hydrogen) atoms. The molecular weight excluding hydrogens is 983 g/mol. The van der Waals surface area contributed by atoms with Gasteiger partial charge in [0.1, 0.15) is 0 Å². The van der Waals surface area contributed by atoms with E-state index in [1.54, 1.807) is 6.08 Å². The molecule has 472 valence electrons. The van der Waals surface area contributed by atoms with E-state index in [4.69, 9.17) is 4.74 Å². The molecule has 1 amide bonds. The summed E-state index contributed by atoms with van der Waals surface area (Å²) in [5.74, 6) is -0.0563. The highest BCUT2D eigenvalue weighted by molar-refractivity contribution is 5.76. The fraction of sp³-hybridized carbons (Fsp3) is 0.892. The fourth-order valence-corrected chi connectivity index (χ4v) is 11.4. The Kier molecular flexibility index (Phi) is 67.9. The molecule has 0 aliphatic rings. The lowest BCUT2D eigenvalue weighted by molar-refractivity contribution is -0.143. The monoisotopic (exact) mass is 1120 g/mol. The molecular formula is C74H141NO5. The number of allylic oxidation sites excluding steroid dienone is 5. The van der Waals surface area contributed by atoms with E-state index in [2.05, 4.69) is 43.5 Å². The molecule has 6 heteroatoms. The third kappa shape index (κ3) is 65.2. The second kappa shape index (κ2) is 69.6. The highest BCUT2D eigenvalue weighted by Crippen LogP contribution is 2.19. The van der Waals surface area contributed by atoms with Gasteiger partial charge in [-0.25, -0.2) is 0 Å². The van der Waals surface area contributed by atoms with E-state index in [-0.39, 0.29) is 18.5 Å². The van der Waals surface area contributed by atoms with Crippen LogP contribution >= 0.6 is 0 Å². The number of carbonyl (C=O) groups excluding carboxylic acids is 2. The average Bonchev–Trinajstić information content (AvgIpc) is 3.46. The summed E-state index contributed by atoms with van der Waals surface area (Å²) in [6.07, 6.45) is 89.4. The van der Waals surface area contributed by atoms with Crippen LogP contribution in [0.4, 0.5) is 0 Å². The first-order chi connectivity index (χ1) is 39.5. The Bertz CT molecular complexity index is 1300. The Morgan fingerprint density at radius 1 is 0.350 bits per heavy atom. The van der Waals surface area contributed by atoms with Crippen molar-refractivity contribution < 1.29 is 24.5 Å². The van der Waals surface area contributed by atoms with Gasteiger partial charge in [-0.2, -0.15) is 0 Å². The number of hydrogen-bond donors (Lipinski definition) is 3. The van der Waals surface area contributed by atoms with Crippen LogP contribution in [0.15, 0.2) is 36.5 Å². The van der Waals surface area contributed by atoms with Crippen molar-refractivity contribution in [1.82, 2.24) is 5.32 Å². The zero-order valence-electron chi connectivity index (χ0n) is 54.1. The Balaban J connectivity index is 3.37. The SMILES string of the molecule is CCCCC/C=C\C/C=C\CCCCCCCC(=O)OCCCCCCCCCCCCCCCCCCCCCCCCCCCCCCC(=O)NC(CO)C(O)/C=C/CCCCCCCCCCCCCCCCCCCC. The van der Waals surface area contributed by atoms with Crippen LogP contribution in [0, 0.1) is 0 Å². The maximum atomic E-state index is 12.5. The number of ether oxygens (including phenoxy) is 1. The molecule has 0 aliphatic heterocycles. The number of unbranched alkanes of at least 4 members (excludes halogenated alkanes) is 53. The predicted octanol–water partition coefficient (Wildman–Crippen LogP) is 23.5. The predicted molar refractivity (Wildman–Crippen MR) is 352 cm³/mol.